The molecule has 0 fully saturated rings. The van der Waals surface area contributed by atoms with Crippen molar-refractivity contribution in [1.82, 2.24) is 19.1 Å². The van der Waals surface area contributed by atoms with Crippen molar-refractivity contribution in [1.29, 1.82) is 0 Å². The summed E-state index contributed by atoms with van der Waals surface area (Å²) in [6.07, 6.45) is 1.57. The molecular formula is C23H20FN6O4S-. The molecule has 1 atom stereocenters. The van der Waals surface area contributed by atoms with Gasteiger partial charge in [0, 0.05) is 17.2 Å². The van der Waals surface area contributed by atoms with Crippen molar-refractivity contribution in [3.8, 4) is 5.69 Å². The number of halogens is 1. The van der Waals surface area contributed by atoms with E-state index in [0.717, 1.165) is 11.5 Å². The highest BCUT2D eigenvalue weighted by Gasteiger charge is 2.22. The van der Waals surface area contributed by atoms with Gasteiger partial charge in [-0.05, 0) is 55.8 Å². The standard InChI is InChI=1S/C23H21FN6O4S/c1-12(2)29-21-19(30(23(29)31)15-4-6-18-14(10-15)7-8-34-18)20(25)27-22(28-21)26-17-5-3-13(9-16(17)24)11-35(32)33/h3-10,12H,11H2,1-2H3,(H,32,33)(H3,25,26,27,28)/p-1. The monoisotopic (exact) mass is 495 g/mol. The second-order valence-corrected chi connectivity index (χ2v) is 9.11. The minimum Gasteiger partial charge on any atom is -0.772 e. The number of anilines is 3. The first kappa shape index (κ1) is 22.7. The van der Waals surface area contributed by atoms with Crippen molar-refractivity contribution >= 4 is 50.7 Å². The average molecular weight is 496 g/mol. The lowest BCUT2D eigenvalue weighted by molar-refractivity contribution is 0.536. The molecule has 3 aromatic heterocycles. The maximum absolute atomic E-state index is 14.6. The molecule has 3 N–H and O–H groups in total. The van der Waals surface area contributed by atoms with Crippen LogP contribution in [0.5, 0.6) is 0 Å². The van der Waals surface area contributed by atoms with E-state index in [2.05, 4.69) is 15.3 Å². The van der Waals surface area contributed by atoms with E-state index >= 15 is 0 Å². The summed E-state index contributed by atoms with van der Waals surface area (Å²) < 4.78 is 44.7. The average Bonchev–Trinajstić information content (AvgIpc) is 3.36. The van der Waals surface area contributed by atoms with Crippen LogP contribution in [0.2, 0.25) is 0 Å². The lowest BCUT2D eigenvalue weighted by Crippen LogP contribution is -2.24. The fourth-order valence-corrected chi connectivity index (χ4v) is 4.45. The van der Waals surface area contributed by atoms with Gasteiger partial charge in [-0.15, -0.1) is 0 Å². The molecule has 5 rings (SSSR count). The normalized spacial score (nSPS) is 12.6. The van der Waals surface area contributed by atoms with Gasteiger partial charge in [0.25, 0.3) is 0 Å². The zero-order valence-corrected chi connectivity index (χ0v) is 19.5. The molecule has 0 radical (unpaired) electrons. The lowest BCUT2D eigenvalue weighted by Gasteiger charge is -2.11. The Morgan fingerprint density at radius 3 is 2.71 bits per heavy atom. The molecule has 0 saturated heterocycles. The molecule has 180 valence electrons. The van der Waals surface area contributed by atoms with Crippen molar-refractivity contribution in [3.63, 3.8) is 0 Å². The molecule has 2 aromatic carbocycles. The van der Waals surface area contributed by atoms with Crippen LogP contribution in [-0.2, 0) is 16.8 Å². The summed E-state index contributed by atoms with van der Waals surface area (Å²) >= 11 is -2.34. The van der Waals surface area contributed by atoms with E-state index < -0.39 is 16.9 Å². The highest BCUT2D eigenvalue weighted by molar-refractivity contribution is 7.78. The van der Waals surface area contributed by atoms with Gasteiger partial charge in [-0.3, -0.25) is 13.3 Å². The topological polar surface area (TPSA) is 144 Å². The number of rotatable bonds is 6. The third-order valence-electron chi connectivity index (χ3n) is 5.52. The fraction of sp³-hybridized carbons (Fsp3) is 0.174. The van der Waals surface area contributed by atoms with Crippen LogP contribution in [0.3, 0.4) is 0 Å². The van der Waals surface area contributed by atoms with Crippen LogP contribution >= 0.6 is 0 Å². The molecule has 5 aromatic rings. The summed E-state index contributed by atoms with van der Waals surface area (Å²) in [4.78, 5) is 22.2. The van der Waals surface area contributed by atoms with Crippen LogP contribution in [0.15, 0.2) is 57.9 Å². The van der Waals surface area contributed by atoms with Crippen LogP contribution in [0.4, 0.5) is 21.8 Å². The molecule has 3 heterocycles. The Morgan fingerprint density at radius 1 is 1.20 bits per heavy atom. The summed E-state index contributed by atoms with van der Waals surface area (Å²) in [7, 11) is 0. The number of nitrogens with two attached hydrogens (primary N) is 1. The van der Waals surface area contributed by atoms with Crippen LogP contribution in [0.1, 0.15) is 25.5 Å². The quantitative estimate of drug-likeness (QED) is 0.339. The van der Waals surface area contributed by atoms with Crippen LogP contribution in [-0.4, -0.2) is 27.9 Å². The van der Waals surface area contributed by atoms with E-state index in [0.29, 0.717) is 22.4 Å². The van der Waals surface area contributed by atoms with Crippen LogP contribution in [0.25, 0.3) is 27.8 Å². The van der Waals surface area contributed by atoms with Crippen molar-refractivity contribution in [2.75, 3.05) is 11.1 Å². The number of furan rings is 1. The summed E-state index contributed by atoms with van der Waals surface area (Å²) in [6, 6.07) is 10.8. The number of hydrogen-bond acceptors (Lipinski definition) is 8. The van der Waals surface area contributed by atoms with Crippen molar-refractivity contribution in [2.45, 2.75) is 25.6 Å². The molecule has 10 nitrogen and oxygen atoms in total. The lowest BCUT2D eigenvalue weighted by atomic mass is 10.2. The number of nitrogen functional groups attached to an aromatic ring is 1. The number of nitrogens with zero attached hydrogens (tertiary/aromatic N) is 4. The first-order chi connectivity index (χ1) is 16.7. The van der Waals surface area contributed by atoms with E-state index in [-0.39, 0.29) is 40.6 Å². The Bertz CT molecular complexity index is 1670. The SMILES string of the molecule is CC(C)n1c(=O)n(-c2ccc3occc3c2)c2c(N)nc(Nc3ccc(CS(=O)[O-])cc3F)nc21. The number of nitrogens with one attached hydrogen (secondary N) is 1. The number of benzene rings is 2. The third kappa shape index (κ3) is 4.06. The maximum Gasteiger partial charge on any atom is 0.335 e. The van der Waals surface area contributed by atoms with E-state index in [1.54, 1.807) is 24.5 Å². The number of hydrogen-bond donors (Lipinski definition) is 2. The summed E-state index contributed by atoms with van der Waals surface area (Å²) in [5.74, 6) is -0.959. The van der Waals surface area contributed by atoms with Crippen molar-refractivity contribution < 1.29 is 17.6 Å². The molecule has 0 aliphatic heterocycles. The second-order valence-electron chi connectivity index (χ2n) is 8.22. The molecule has 0 amide bonds. The highest BCUT2D eigenvalue weighted by atomic mass is 32.2. The van der Waals surface area contributed by atoms with Crippen LogP contribution in [0, 0.1) is 5.82 Å². The van der Waals surface area contributed by atoms with Crippen molar-refractivity contribution in [3.05, 3.63) is 70.6 Å². The highest BCUT2D eigenvalue weighted by Crippen LogP contribution is 2.28. The van der Waals surface area contributed by atoms with E-state index in [1.165, 1.54) is 21.3 Å². The number of imidazole rings is 1. The third-order valence-corrected chi connectivity index (χ3v) is 6.09. The maximum atomic E-state index is 14.6. The van der Waals surface area contributed by atoms with E-state index in [4.69, 9.17) is 10.2 Å². The van der Waals surface area contributed by atoms with Gasteiger partial charge in [-0.2, -0.15) is 9.97 Å². The van der Waals surface area contributed by atoms with Gasteiger partial charge in [-0.1, -0.05) is 17.1 Å². The van der Waals surface area contributed by atoms with Gasteiger partial charge >= 0.3 is 5.69 Å². The van der Waals surface area contributed by atoms with Gasteiger partial charge in [0.2, 0.25) is 5.95 Å². The van der Waals surface area contributed by atoms with Gasteiger partial charge in [0.15, 0.2) is 11.5 Å². The molecule has 0 aliphatic carbocycles. The first-order valence-electron chi connectivity index (χ1n) is 10.6. The molecular weight excluding hydrogens is 475 g/mol. The molecule has 35 heavy (non-hydrogen) atoms. The zero-order valence-electron chi connectivity index (χ0n) is 18.7. The minimum absolute atomic E-state index is 0.00844. The summed E-state index contributed by atoms with van der Waals surface area (Å²) in [5, 5.41) is 3.59. The first-order valence-corrected chi connectivity index (χ1v) is 11.9. The molecule has 0 aliphatic rings. The van der Waals surface area contributed by atoms with Crippen molar-refractivity contribution in [2.24, 2.45) is 0 Å². The summed E-state index contributed by atoms with van der Waals surface area (Å²) in [5.41, 5.74) is 8.14. The summed E-state index contributed by atoms with van der Waals surface area (Å²) in [6.45, 7) is 3.68. The predicted octanol–water partition coefficient (Wildman–Crippen LogP) is 3.75. The Balaban J connectivity index is 1.63. The Kier molecular flexibility index (Phi) is 5.61. The minimum atomic E-state index is -2.34. The van der Waals surface area contributed by atoms with Gasteiger partial charge in [0.05, 0.1) is 17.6 Å². The van der Waals surface area contributed by atoms with Crippen LogP contribution < -0.4 is 16.7 Å². The van der Waals surface area contributed by atoms with E-state index in [1.807, 2.05) is 19.9 Å². The van der Waals surface area contributed by atoms with Gasteiger partial charge < -0.3 is 20.0 Å². The Morgan fingerprint density at radius 2 is 2.00 bits per heavy atom. The smallest absolute Gasteiger partial charge is 0.335 e. The Hall–Kier alpha value is -4.03. The second kappa shape index (κ2) is 8.64. The molecule has 0 spiro atoms. The molecule has 0 bridgehead atoms. The fourth-order valence-electron chi connectivity index (χ4n) is 4.00. The predicted molar refractivity (Wildman–Crippen MR) is 130 cm³/mol. The number of fused-ring (bicyclic) bond motifs is 2. The Labute approximate surface area is 200 Å². The molecule has 12 heteroatoms. The molecule has 0 saturated carbocycles. The largest absolute Gasteiger partial charge is 0.772 e. The molecule has 1 unspecified atom stereocenters. The number of aromatic nitrogens is 4. The van der Waals surface area contributed by atoms with E-state index in [9.17, 15) is 17.9 Å². The van der Waals surface area contributed by atoms with Gasteiger partial charge in [-0.25, -0.2) is 9.18 Å². The zero-order chi connectivity index (χ0) is 24.9. The van der Waals surface area contributed by atoms with Gasteiger partial charge in [0.1, 0.15) is 16.9 Å².